The third kappa shape index (κ3) is 3.25. The molecule has 0 radical (unpaired) electrons. The Morgan fingerprint density at radius 2 is 1.95 bits per heavy atom. The largest absolute Gasteiger partial charge is 0.506 e. The number of nitrogens with zero attached hydrogens (tertiary/aromatic N) is 1. The Bertz CT molecular complexity index is 762. The number of benzene rings is 1. The number of fused-ring (bicyclic) bond motifs is 1. The van der Waals surface area contributed by atoms with E-state index >= 15 is 0 Å². The van der Waals surface area contributed by atoms with E-state index < -0.39 is 30.1 Å². The van der Waals surface area contributed by atoms with Crippen LogP contribution in [0.25, 0.3) is 10.9 Å². The van der Waals surface area contributed by atoms with E-state index in [0.717, 1.165) is 18.2 Å². The van der Waals surface area contributed by atoms with Crippen LogP contribution >= 0.6 is 12.2 Å². The Balaban J connectivity index is 2.52. The molecule has 1 aromatic heterocycles. The highest BCUT2D eigenvalue weighted by molar-refractivity contribution is 7.80. The van der Waals surface area contributed by atoms with E-state index in [0.29, 0.717) is 0 Å². The number of carboxylic acid groups (broad SMARTS) is 1. The molecule has 0 aliphatic heterocycles. The maximum atomic E-state index is 12.7. The SMILES string of the molecule is O=C(O)CNC(=S)c1ccc(O)c2nc(C(F)(F)F)ccc12. The molecule has 0 unspecified atom stereocenters. The zero-order valence-electron chi connectivity index (χ0n) is 10.8. The molecule has 9 heteroatoms. The van der Waals surface area contributed by atoms with Crippen LogP contribution in [0.5, 0.6) is 5.75 Å². The fraction of sp³-hybridized carbons (Fsp3) is 0.154. The van der Waals surface area contributed by atoms with Gasteiger partial charge < -0.3 is 15.5 Å². The van der Waals surface area contributed by atoms with Gasteiger partial charge in [0.2, 0.25) is 0 Å². The number of halogens is 3. The van der Waals surface area contributed by atoms with Crippen molar-refractivity contribution in [3.05, 3.63) is 35.5 Å². The number of phenolic OH excluding ortho intramolecular Hbond substituents is 1. The first-order valence-electron chi connectivity index (χ1n) is 5.90. The van der Waals surface area contributed by atoms with Gasteiger partial charge in [0.1, 0.15) is 28.5 Å². The Kier molecular flexibility index (Phi) is 4.18. The van der Waals surface area contributed by atoms with Crippen LogP contribution in [-0.2, 0) is 11.0 Å². The van der Waals surface area contributed by atoms with Crippen molar-refractivity contribution in [3.63, 3.8) is 0 Å². The van der Waals surface area contributed by atoms with Gasteiger partial charge in [-0.3, -0.25) is 4.79 Å². The number of phenols is 1. The predicted octanol–water partition coefficient (Wildman–Crippen LogP) is 2.31. The summed E-state index contributed by atoms with van der Waals surface area (Å²) in [6, 6.07) is 4.43. The topological polar surface area (TPSA) is 82.5 Å². The zero-order valence-corrected chi connectivity index (χ0v) is 11.6. The summed E-state index contributed by atoms with van der Waals surface area (Å²) in [5, 5.41) is 20.9. The van der Waals surface area contributed by atoms with Gasteiger partial charge in [0.25, 0.3) is 0 Å². The highest BCUT2D eigenvalue weighted by Crippen LogP contribution is 2.32. The minimum Gasteiger partial charge on any atom is -0.506 e. The number of nitrogens with one attached hydrogen (secondary N) is 1. The van der Waals surface area contributed by atoms with E-state index in [-0.39, 0.29) is 21.5 Å². The van der Waals surface area contributed by atoms with E-state index in [1.54, 1.807) is 0 Å². The Morgan fingerprint density at radius 3 is 2.55 bits per heavy atom. The monoisotopic (exact) mass is 330 g/mol. The van der Waals surface area contributed by atoms with Crippen LogP contribution in [0, 0.1) is 0 Å². The number of aromatic nitrogens is 1. The van der Waals surface area contributed by atoms with Gasteiger partial charge in [-0.25, -0.2) is 4.98 Å². The molecule has 0 saturated heterocycles. The average molecular weight is 330 g/mol. The maximum absolute atomic E-state index is 12.7. The molecule has 2 rings (SSSR count). The molecule has 0 spiro atoms. The summed E-state index contributed by atoms with van der Waals surface area (Å²) in [6.07, 6.45) is -4.64. The second kappa shape index (κ2) is 5.76. The summed E-state index contributed by atoms with van der Waals surface area (Å²) in [5.41, 5.74) is -1.12. The van der Waals surface area contributed by atoms with Crippen molar-refractivity contribution in [3.8, 4) is 5.75 Å². The molecular weight excluding hydrogens is 321 g/mol. The number of hydrogen-bond acceptors (Lipinski definition) is 4. The van der Waals surface area contributed by atoms with Crippen LogP contribution in [0.4, 0.5) is 13.2 Å². The highest BCUT2D eigenvalue weighted by atomic mass is 32.1. The number of aromatic hydroxyl groups is 1. The Morgan fingerprint density at radius 1 is 1.27 bits per heavy atom. The molecule has 0 fully saturated rings. The minimum absolute atomic E-state index is 0.0361. The summed E-state index contributed by atoms with van der Waals surface area (Å²) < 4.78 is 38.0. The summed E-state index contributed by atoms with van der Waals surface area (Å²) in [6.45, 7) is -0.435. The lowest BCUT2D eigenvalue weighted by Crippen LogP contribution is -2.28. The van der Waals surface area contributed by atoms with Gasteiger partial charge in [0, 0.05) is 10.9 Å². The second-order valence-electron chi connectivity index (χ2n) is 4.30. The molecular formula is C13H9F3N2O3S. The molecule has 0 atom stereocenters. The van der Waals surface area contributed by atoms with Crippen LogP contribution in [0.1, 0.15) is 11.3 Å². The summed E-state index contributed by atoms with van der Waals surface area (Å²) in [7, 11) is 0. The average Bonchev–Trinajstić information content (AvgIpc) is 2.44. The van der Waals surface area contributed by atoms with Crippen LogP contribution in [0.15, 0.2) is 24.3 Å². The lowest BCUT2D eigenvalue weighted by atomic mass is 10.1. The van der Waals surface area contributed by atoms with E-state index in [9.17, 15) is 23.1 Å². The number of thiocarbonyl (C=S) groups is 1. The Labute approximate surface area is 127 Å². The number of aliphatic carboxylic acids is 1. The van der Waals surface area contributed by atoms with Crippen LogP contribution in [0.3, 0.4) is 0 Å². The molecule has 1 heterocycles. The van der Waals surface area contributed by atoms with E-state index in [4.69, 9.17) is 17.3 Å². The fourth-order valence-corrected chi connectivity index (χ4v) is 2.06. The molecule has 5 nitrogen and oxygen atoms in total. The van der Waals surface area contributed by atoms with Gasteiger partial charge >= 0.3 is 12.1 Å². The normalized spacial score (nSPS) is 11.4. The molecule has 0 saturated carbocycles. The Hall–Kier alpha value is -2.42. The van der Waals surface area contributed by atoms with Gasteiger partial charge in [-0.2, -0.15) is 13.2 Å². The van der Waals surface area contributed by atoms with Gasteiger partial charge in [-0.05, 0) is 24.3 Å². The molecule has 0 amide bonds. The quantitative estimate of drug-likeness (QED) is 0.749. The molecule has 2 aromatic rings. The van der Waals surface area contributed by atoms with Crippen LogP contribution < -0.4 is 5.32 Å². The molecule has 1 aromatic carbocycles. The summed E-state index contributed by atoms with van der Waals surface area (Å²) in [4.78, 5) is 13.9. The van der Waals surface area contributed by atoms with Gasteiger partial charge in [0.15, 0.2) is 0 Å². The number of carbonyl (C=O) groups is 1. The van der Waals surface area contributed by atoms with Crippen molar-refractivity contribution >= 4 is 34.1 Å². The summed E-state index contributed by atoms with van der Waals surface area (Å²) in [5.74, 6) is -1.56. The third-order valence-corrected chi connectivity index (χ3v) is 3.14. The van der Waals surface area contributed by atoms with Crippen LogP contribution in [-0.4, -0.2) is 32.7 Å². The van der Waals surface area contributed by atoms with Crippen molar-refractivity contribution in [1.82, 2.24) is 10.3 Å². The first kappa shape index (κ1) is 16.0. The van der Waals surface area contributed by atoms with E-state index in [2.05, 4.69) is 10.3 Å². The second-order valence-corrected chi connectivity index (χ2v) is 4.71. The zero-order chi connectivity index (χ0) is 16.5. The van der Waals surface area contributed by atoms with Crippen molar-refractivity contribution in [2.24, 2.45) is 0 Å². The van der Waals surface area contributed by atoms with Crippen molar-refractivity contribution in [2.75, 3.05) is 6.54 Å². The number of rotatable bonds is 3. The number of carboxylic acids is 1. The maximum Gasteiger partial charge on any atom is 0.433 e. The molecule has 116 valence electrons. The number of alkyl halides is 3. The standard InChI is InChI=1S/C13H9F3N2O3S/c14-13(15,16)9-4-2-6-7(12(22)17-5-10(20)21)1-3-8(19)11(6)18-9/h1-4,19H,5H2,(H,17,22)(H,20,21). The molecule has 0 aliphatic carbocycles. The van der Waals surface area contributed by atoms with Gasteiger partial charge in [-0.15, -0.1) is 0 Å². The number of hydrogen-bond donors (Lipinski definition) is 3. The first-order valence-corrected chi connectivity index (χ1v) is 6.31. The fourth-order valence-electron chi connectivity index (χ4n) is 1.81. The minimum atomic E-state index is -4.64. The molecule has 0 aliphatic rings. The van der Waals surface area contributed by atoms with E-state index in [1.165, 1.54) is 6.07 Å². The predicted molar refractivity (Wildman–Crippen MR) is 75.7 cm³/mol. The molecule has 3 N–H and O–H groups in total. The molecule has 22 heavy (non-hydrogen) atoms. The van der Waals surface area contributed by atoms with Crippen molar-refractivity contribution < 1.29 is 28.2 Å². The van der Waals surface area contributed by atoms with E-state index in [1.807, 2.05) is 0 Å². The number of pyridine rings is 1. The van der Waals surface area contributed by atoms with Crippen molar-refractivity contribution in [2.45, 2.75) is 6.18 Å². The molecule has 0 bridgehead atoms. The van der Waals surface area contributed by atoms with Gasteiger partial charge in [0.05, 0.1) is 0 Å². The highest BCUT2D eigenvalue weighted by Gasteiger charge is 2.33. The van der Waals surface area contributed by atoms with Crippen molar-refractivity contribution in [1.29, 1.82) is 0 Å². The van der Waals surface area contributed by atoms with Crippen LogP contribution in [0.2, 0.25) is 0 Å². The lowest BCUT2D eigenvalue weighted by molar-refractivity contribution is -0.141. The first-order chi connectivity index (χ1) is 10.2. The third-order valence-electron chi connectivity index (χ3n) is 2.77. The smallest absolute Gasteiger partial charge is 0.433 e. The summed E-state index contributed by atoms with van der Waals surface area (Å²) >= 11 is 5.01. The lowest BCUT2D eigenvalue weighted by Gasteiger charge is -2.12. The van der Waals surface area contributed by atoms with Gasteiger partial charge in [-0.1, -0.05) is 12.2 Å².